The minimum atomic E-state index is -4.26. The average molecular weight is 256 g/mol. The molecule has 2 amide bonds. The summed E-state index contributed by atoms with van der Waals surface area (Å²) in [6.45, 7) is 0.00931. The first-order valence-electron chi connectivity index (χ1n) is 4.18. The number of aliphatic hydroxyl groups is 1. The van der Waals surface area contributed by atoms with Gasteiger partial charge in [-0.25, -0.2) is 4.57 Å². The van der Waals surface area contributed by atoms with E-state index in [1.165, 1.54) is 0 Å². The zero-order chi connectivity index (χ0) is 12.8. The highest BCUT2D eigenvalue weighted by Gasteiger charge is 2.27. The summed E-state index contributed by atoms with van der Waals surface area (Å²) in [4.78, 5) is 36.3. The first kappa shape index (κ1) is 15.2. The number of phosphoric acid groups is 1. The van der Waals surface area contributed by atoms with Gasteiger partial charge in [-0.05, 0) is 0 Å². The monoisotopic (exact) mass is 256 g/mol. The van der Waals surface area contributed by atoms with Crippen LogP contribution in [-0.4, -0.2) is 46.0 Å². The van der Waals surface area contributed by atoms with E-state index in [1.54, 1.807) is 0 Å². The molecule has 9 nitrogen and oxygen atoms in total. The Balaban J connectivity index is 0.000000281. The minimum absolute atomic E-state index is 0.0845. The maximum atomic E-state index is 10.2. The number of carbonyl (C=O) groups excluding carboxylic acids is 2. The van der Waals surface area contributed by atoms with Gasteiger partial charge in [-0.1, -0.05) is 0 Å². The highest BCUT2D eigenvalue weighted by atomic mass is 31.2. The maximum absolute atomic E-state index is 10.2. The van der Waals surface area contributed by atoms with Crippen molar-refractivity contribution in [1.29, 1.82) is 0 Å². The largest absolute Gasteiger partial charge is 0.469 e. The van der Waals surface area contributed by atoms with E-state index in [4.69, 9.17) is 20.6 Å². The maximum Gasteiger partial charge on any atom is 0.469 e. The summed E-state index contributed by atoms with van der Waals surface area (Å²) in [6.07, 6.45) is -1.19. The number of amides is 2. The third-order valence-electron chi connectivity index (χ3n) is 1.32. The molecule has 16 heavy (non-hydrogen) atoms. The third kappa shape index (κ3) is 7.46. The fourth-order valence-electron chi connectivity index (χ4n) is 0.712. The Morgan fingerprint density at radius 3 is 2.19 bits per heavy atom. The minimum Gasteiger partial charge on any atom is -0.383 e. The summed E-state index contributed by atoms with van der Waals surface area (Å²) < 4.78 is 13.7. The van der Waals surface area contributed by atoms with Crippen molar-refractivity contribution in [2.45, 2.75) is 12.5 Å². The normalized spacial score (nSPS) is 20.1. The molecular formula is C6H13N2O7P. The lowest BCUT2D eigenvalue weighted by molar-refractivity contribution is -0.127. The van der Waals surface area contributed by atoms with Crippen LogP contribution in [0.3, 0.4) is 0 Å². The Bertz CT molecular complexity index is 301. The fourth-order valence-corrected chi connectivity index (χ4v) is 1.05. The first-order valence-corrected chi connectivity index (χ1v) is 5.71. The molecule has 10 heteroatoms. The Kier molecular flexibility index (Phi) is 6.34. The van der Waals surface area contributed by atoms with Gasteiger partial charge >= 0.3 is 7.82 Å². The number of nitrogens with two attached hydrogens (primary N) is 1. The topological polar surface area (TPSA) is 159 Å². The number of hydrogen-bond acceptors (Lipinski definition) is 6. The average Bonchev–Trinajstić information content (AvgIpc) is 2.41. The van der Waals surface area contributed by atoms with Crippen molar-refractivity contribution in [3.63, 3.8) is 0 Å². The van der Waals surface area contributed by atoms with Crippen molar-refractivity contribution in [1.82, 2.24) is 5.32 Å². The number of carbonyl (C=O) groups is 2. The van der Waals surface area contributed by atoms with Gasteiger partial charge in [0, 0.05) is 6.54 Å². The van der Waals surface area contributed by atoms with Crippen LogP contribution in [0.4, 0.5) is 0 Å². The summed E-state index contributed by atoms with van der Waals surface area (Å²) in [5, 5.41) is 10.5. The molecule has 0 aliphatic carbocycles. The molecule has 1 rings (SSSR count). The Morgan fingerprint density at radius 2 is 2.06 bits per heavy atom. The van der Waals surface area contributed by atoms with Gasteiger partial charge < -0.3 is 20.6 Å². The van der Waals surface area contributed by atoms with Crippen LogP contribution in [0.5, 0.6) is 0 Å². The van der Waals surface area contributed by atoms with E-state index in [-0.39, 0.29) is 19.6 Å². The zero-order valence-electron chi connectivity index (χ0n) is 8.20. The van der Waals surface area contributed by atoms with Crippen LogP contribution < -0.4 is 11.1 Å². The molecule has 1 unspecified atom stereocenters. The van der Waals surface area contributed by atoms with E-state index in [0.717, 1.165) is 0 Å². The van der Waals surface area contributed by atoms with Gasteiger partial charge in [-0.3, -0.25) is 19.4 Å². The van der Waals surface area contributed by atoms with Crippen LogP contribution in [-0.2, 0) is 18.7 Å². The Hall–Kier alpha value is -0.830. The van der Waals surface area contributed by atoms with E-state index in [0.29, 0.717) is 0 Å². The molecule has 1 atom stereocenters. The van der Waals surface area contributed by atoms with E-state index in [2.05, 4.69) is 4.52 Å². The van der Waals surface area contributed by atoms with Crippen molar-refractivity contribution in [2.75, 3.05) is 13.2 Å². The fraction of sp³-hybridized carbons (Fsp3) is 0.667. The standard InChI is InChI=1S/C4H5NO3.C2H8NO4P/c6-2-1-3(7)5-4(2)8;3-1-2-7-8(4,5)6/h2,6H,1H2,(H,5,7,8);1-3H2,(H2,4,5,6). The van der Waals surface area contributed by atoms with E-state index >= 15 is 0 Å². The Morgan fingerprint density at radius 1 is 1.50 bits per heavy atom. The third-order valence-corrected chi connectivity index (χ3v) is 1.84. The number of hydrogen-bond donors (Lipinski definition) is 5. The van der Waals surface area contributed by atoms with Crippen LogP contribution in [0.2, 0.25) is 0 Å². The molecule has 0 radical (unpaired) electrons. The molecule has 0 spiro atoms. The second kappa shape index (κ2) is 6.69. The lowest BCUT2D eigenvalue weighted by Gasteiger charge is -2.00. The molecule has 94 valence electrons. The molecule has 0 aromatic rings. The molecule has 6 N–H and O–H groups in total. The molecule has 1 fully saturated rings. The summed E-state index contributed by atoms with van der Waals surface area (Å²) >= 11 is 0. The van der Waals surface area contributed by atoms with Crippen LogP contribution in [0, 0.1) is 0 Å². The molecule has 0 aromatic carbocycles. The number of imide groups is 1. The highest BCUT2D eigenvalue weighted by molar-refractivity contribution is 7.46. The quantitative estimate of drug-likeness (QED) is 0.272. The van der Waals surface area contributed by atoms with Crippen molar-refractivity contribution < 1.29 is 33.6 Å². The predicted molar refractivity (Wildman–Crippen MR) is 50.8 cm³/mol. The molecule has 1 aliphatic heterocycles. The van der Waals surface area contributed by atoms with Crippen molar-refractivity contribution in [3.8, 4) is 0 Å². The van der Waals surface area contributed by atoms with E-state index in [9.17, 15) is 14.2 Å². The summed E-state index contributed by atoms with van der Waals surface area (Å²) in [5.74, 6) is -0.988. The smallest absolute Gasteiger partial charge is 0.383 e. The first-order chi connectivity index (χ1) is 7.26. The van der Waals surface area contributed by atoms with Gasteiger partial charge in [-0.2, -0.15) is 0 Å². The van der Waals surface area contributed by atoms with Crippen LogP contribution in [0.1, 0.15) is 6.42 Å². The number of rotatable bonds is 3. The lowest BCUT2D eigenvalue weighted by atomic mass is 10.3. The summed E-state index contributed by atoms with van der Waals surface area (Å²) in [5.41, 5.74) is 4.87. The van der Waals surface area contributed by atoms with Gasteiger partial charge in [0.2, 0.25) is 5.91 Å². The molecule has 0 aromatic heterocycles. The molecule has 1 heterocycles. The lowest BCUT2D eigenvalue weighted by Crippen LogP contribution is -2.24. The van der Waals surface area contributed by atoms with E-state index in [1.807, 2.05) is 5.32 Å². The van der Waals surface area contributed by atoms with Crippen molar-refractivity contribution in [3.05, 3.63) is 0 Å². The van der Waals surface area contributed by atoms with Gasteiger partial charge in [0.05, 0.1) is 13.0 Å². The second-order valence-electron chi connectivity index (χ2n) is 2.74. The predicted octanol–water partition coefficient (Wildman–Crippen LogP) is -2.55. The highest BCUT2D eigenvalue weighted by Crippen LogP contribution is 2.34. The molecule has 1 aliphatic rings. The number of aliphatic hydroxyl groups excluding tert-OH is 1. The summed E-state index contributed by atoms with van der Waals surface area (Å²) in [7, 11) is -4.26. The summed E-state index contributed by atoms with van der Waals surface area (Å²) in [6, 6.07) is 0. The molecule has 1 saturated heterocycles. The van der Waals surface area contributed by atoms with Crippen molar-refractivity contribution in [2.24, 2.45) is 5.73 Å². The van der Waals surface area contributed by atoms with Gasteiger partial charge in [0.15, 0.2) is 0 Å². The van der Waals surface area contributed by atoms with Gasteiger partial charge in [0.25, 0.3) is 5.91 Å². The zero-order valence-corrected chi connectivity index (χ0v) is 9.09. The van der Waals surface area contributed by atoms with Crippen LogP contribution in [0.25, 0.3) is 0 Å². The number of phosphoric ester groups is 1. The Labute approximate surface area is 90.8 Å². The SMILES string of the molecule is NCCOP(=O)(O)O.O=C1CC(O)C(=O)N1. The van der Waals surface area contributed by atoms with E-state index < -0.39 is 25.7 Å². The second-order valence-corrected chi connectivity index (χ2v) is 3.98. The van der Waals surface area contributed by atoms with Crippen LogP contribution in [0.15, 0.2) is 0 Å². The molecule has 0 saturated carbocycles. The van der Waals surface area contributed by atoms with Gasteiger partial charge in [0.1, 0.15) is 6.10 Å². The molecular weight excluding hydrogens is 243 g/mol. The number of nitrogens with one attached hydrogen (secondary N) is 1. The van der Waals surface area contributed by atoms with Crippen LogP contribution >= 0.6 is 7.82 Å². The van der Waals surface area contributed by atoms with Crippen molar-refractivity contribution >= 4 is 19.6 Å². The molecule has 0 bridgehead atoms. The van der Waals surface area contributed by atoms with Gasteiger partial charge in [-0.15, -0.1) is 0 Å².